The van der Waals surface area contributed by atoms with Gasteiger partial charge in [0.25, 0.3) is 0 Å². The third kappa shape index (κ3) is 6.96. The highest BCUT2D eigenvalue weighted by atomic mass is 16.6. The van der Waals surface area contributed by atoms with Crippen molar-refractivity contribution in [3.63, 3.8) is 0 Å². The van der Waals surface area contributed by atoms with Gasteiger partial charge in [0.2, 0.25) is 0 Å². The van der Waals surface area contributed by atoms with Crippen molar-refractivity contribution in [1.82, 2.24) is 0 Å². The molecular weight excluding hydrogens is 342 g/mol. The van der Waals surface area contributed by atoms with Crippen molar-refractivity contribution in [2.75, 3.05) is 13.2 Å². The summed E-state index contributed by atoms with van der Waals surface area (Å²) in [6, 6.07) is 4.20. The zero-order valence-electron chi connectivity index (χ0n) is 18.0. The lowest BCUT2D eigenvalue weighted by atomic mass is 9.79. The molecule has 0 bridgehead atoms. The van der Waals surface area contributed by atoms with Crippen LogP contribution in [0.2, 0.25) is 0 Å². The van der Waals surface area contributed by atoms with Gasteiger partial charge in [0.15, 0.2) is 12.4 Å². The van der Waals surface area contributed by atoms with E-state index in [1.54, 1.807) is 0 Å². The summed E-state index contributed by atoms with van der Waals surface area (Å²) in [5.74, 6) is -0.228. The van der Waals surface area contributed by atoms with Crippen molar-refractivity contribution < 1.29 is 23.6 Å². The topological polar surface area (TPSA) is 56.5 Å². The van der Waals surface area contributed by atoms with E-state index < -0.39 is 10.8 Å². The van der Waals surface area contributed by atoms with Gasteiger partial charge in [-0.05, 0) is 58.4 Å². The molecule has 0 N–H and O–H groups in total. The van der Waals surface area contributed by atoms with Crippen molar-refractivity contribution >= 4 is 11.9 Å². The van der Waals surface area contributed by atoms with E-state index in [1.807, 2.05) is 58.6 Å². The molecule has 0 saturated carbocycles. The molecule has 0 aliphatic heterocycles. The zero-order valence-corrected chi connectivity index (χ0v) is 18.0. The Bertz CT molecular complexity index is 620. The highest BCUT2D eigenvalue weighted by molar-refractivity contribution is 5.76. The summed E-state index contributed by atoms with van der Waals surface area (Å²) in [7, 11) is 1.99. The number of hydrogen-bond acceptors (Lipinski definition) is 4. The van der Waals surface area contributed by atoms with Gasteiger partial charge < -0.3 is 9.47 Å². The Labute approximate surface area is 164 Å². The minimum atomic E-state index is -0.606. The van der Waals surface area contributed by atoms with Crippen LogP contribution in [0.4, 0.5) is 0 Å². The third-order valence-corrected chi connectivity index (χ3v) is 5.26. The van der Waals surface area contributed by atoms with Crippen LogP contribution < -0.4 is 4.57 Å². The molecule has 1 unspecified atom stereocenters. The molecule has 5 nitrogen and oxygen atoms in total. The lowest BCUT2D eigenvalue weighted by Gasteiger charge is -2.27. The number of hydrogen-bond donors (Lipinski definition) is 0. The molecule has 1 rings (SSSR count). The molecule has 5 heteroatoms. The van der Waals surface area contributed by atoms with Crippen LogP contribution >= 0.6 is 0 Å². The SMILES string of the molecule is CCC(CC(C)(C)C(=O)OCCOC(=O)C(C)(C)CC)c1cc[n+](C)cc1. The Kier molecular flexibility index (Phi) is 8.45. The molecule has 1 aromatic heterocycles. The molecule has 0 spiro atoms. The van der Waals surface area contributed by atoms with E-state index in [9.17, 15) is 9.59 Å². The quantitative estimate of drug-likeness (QED) is 0.351. The second-order valence-electron chi connectivity index (χ2n) is 8.50. The normalized spacial score (nSPS) is 13.1. The maximum atomic E-state index is 12.5. The van der Waals surface area contributed by atoms with Crippen LogP contribution in [0.3, 0.4) is 0 Å². The second-order valence-corrected chi connectivity index (χ2v) is 8.50. The van der Waals surface area contributed by atoms with Crippen LogP contribution in [0.25, 0.3) is 0 Å². The fourth-order valence-corrected chi connectivity index (χ4v) is 2.79. The molecule has 152 valence electrons. The van der Waals surface area contributed by atoms with Crippen molar-refractivity contribution in [3.05, 3.63) is 30.1 Å². The van der Waals surface area contributed by atoms with Gasteiger partial charge in [0.05, 0.1) is 10.8 Å². The van der Waals surface area contributed by atoms with Crippen LogP contribution in [0.15, 0.2) is 24.5 Å². The Morgan fingerprint density at radius 2 is 1.44 bits per heavy atom. The predicted molar refractivity (Wildman–Crippen MR) is 105 cm³/mol. The van der Waals surface area contributed by atoms with E-state index in [-0.39, 0.29) is 31.1 Å². The Balaban J connectivity index is 2.55. The smallest absolute Gasteiger partial charge is 0.311 e. The second kappa shape index (κ2) is 9.86. The van der Waals surface area contributed by atoms with Crippen molar-refractivity contribution in [1.29, 1.82) is 0 Å². The van der Waals surface area contributed by atoms with Gasteiger partial charge in [-0.15, -0.1) is 0 Å². The summed E-state index contributed by atoms with van der Waals surface area (Å²) in [6.07, 6.45) is 6.41. The largest absolute Gasteiger partial charge is 0.462 e. The van der Waals surface area contributed by atoms with Gasteiger partial charge in [0.1, 0.15) is 20.3 Å². The van der Waals surface area contributed by atoms with E-state index in [4.69, 9.17) is 9.47 Å². The lowest BCUT2D eigenvalue weighted by Crippen LogP contribution is -2.31. The molecule has 0 amide bonds. The summed E-state index contributed by atoms with van der Waals surface area (Å²) in [5, 5.41) is 0. The lowest BCUT2D eigenvalue weighted by molar-refractivity contribution is -0.671. The van der Waals surface area contributed by atoms with Gasteiger partial charge in [0, 0.05) is 12.1 Å². The van der Waals surface area contributed by atoms with E-state index in [0.717, 1.165) is 6.42 Å². The number of esters is 2. The van der Waals surface area contributed by atoms with Gasteiger partial charge >= 0.3 is 11.9 Å². The number of pyridine rings is 1. The number of carbonyl (C=O) groups excluding carboxylic acids is 2. The number of aryl methyl sites for hydroxylation is 1. The molecule has 0 aromatic carbocycles. The van der Waals surface area contributed by atoms with Crippen molar-refractivity contribution in [3.8, 4) is 0 Å². The maximum Gasteiger partial charge on any atom is 0.311 e. The molecular formula is C22H36NO4+. The Morgan fingerprint density at radius 3 is 1.89 bits per heavy atom. The van der Waals surface area contributed by atoms with Crippen LogP contribution in [0, 0.1) is 10.8 Å². The van der Waals surface area contributed by atoms with Crippen LogP contribution in [-0.4, -0.2) is 25.2 Å². The third-order valence-electron chi connectivity index (χ3n) is 5.26. The standard InChI is InChI=1S/C22H36NO4/c1-8-17(18-10-12-23(7)13-11-18)16-22(5,6)20(25)27-15-14-26-19(24)21(3,4)9-2/h10-13,17H,8-9,14-16H2,1-7H3/q+1. The molecule has 1 aromatic rings. The number of carbonyl (C=O) groups is 2. The highest BCUT2D eigenvalue weighted by Gasteiger charge is 2.33. The molecule has 0 saturated heterocycles. The summed E-state index contributed by atoms with van der Waals surface area (Å²) >= 11 is 0. The van der Waals surface area contributed by atoms with E-state index in [2.05, 4.69) is 19.1 Å². The van der Waals surface area contributed by atoms with Gasteiger partial charge in [-0.3, -0.25) is 9.59 Å². The molecule has 27 heavy (non-hydrogen) atoms. The Hall–Kier alpha value is -1.91. The van der Waals surface area contributed by atoms with Gasteiger partial charge in [-0.1, -0.05) is 13.8 Å². The molecule has 0 radical (unpaired) electrons. The van der Waals surface area contributed by atoms with Crippen LogP contribution in [0.1, 0.15) is 72.3 Å². The van der Waals surface area contributed by atoms with Crippen LogP contribution in [-0.2, 0) is 26.1 Å². The molecule has 1 heterocycles. The van der Waals surface area contributed by atoms with Gasteiger partial charge in [-0.2, -0.15) is 0 Å². The first-order valence-electron chi connectivity index (χ1n) is 9.83. The highest BCUT2D eigenvalue weighted by Crippen LogP contribution is 2.34. The average molecular weight is 379 g/mol. The monoisotopic (exact) mass is 378 g/mol. The van der Waals surface area contributed by atoms with E-state index in [1.165, 1.54) is 5.56 Å². The first kappa shape index (κ1) is 23.1. The minimum absolute atomic E-state index is 0.0890. The zero-order chi connectivity index (χ0) is 20.7. The fourth-order valence-electron chi connectivity index (χ4n) is 2.79. The average Bonchev–Trinajstić information content (AvgIpc) is 2.63. The fraction of sp³-hybridized carbons (Fsp3) is 0.682. The first-order chi connectivity index (χ1) is 12.5. The Morgan fingerprint density at radius 1 is 0.963 bits per heavy atom. The number of ether oxygens (including phenoxy) is 2. The predicted octanol–water partition coefficient (Wildman–Crippen LogP) is 3.94. The van der Waals surface area contributed by atoms with E-state index >= 15 is 0 Å². The summed E-state index contributed by atoms with van der Waals surface area (Å²) < 4.78 is 12.6. The molecule has 0 aliphatic rings. The van der Waals surface area contributed by atoms with Gasteiger partial charge in [-0.25, -0.2) is 4.57 Å². The van der Waals surface area contributed by atoms with Crippen molar-refractivity contribution in [2.24, 2.45) is 17.9 Å². The van der Waals surface area contributed by atoms with Crippen LogP contribution in [0.5, 0.6) is 0 Å². The first-order valence-corrected chi connectivity index (χ1v) is 9.83. The van der Waals surface area contributed by atoms with Crippen molar-refractivity contribution in [2.45, 2.75) is 66.7 Å². The molecule has 0 fully saturated rings. The molecule has 1 atom stereocenters. The maximum absolute atomic E-state index is 12.5. The summed E-state index contributed by atoms with van der Waals surface area (Å²) in [5.41, 5.74) is 0.113. The van der Waals surface area contributed by atoms with E-state index in [0.29, 0.717) is 12.8 Å². The summed E-state index contributed by atoms with van der Waals surface area (Å²) in [6.45, 7) is 11.8. The number of nitrogens with zero attached hydrogens (tertiary/aromatic N) is 1. The number of rotatable bonds is 10. The minimum Gasteiger partial charge on any atom is -0.462 e. The number of aromatic nitrogens is 1. The summed E-state index contributed by atoms with van der Waals surface area (Å²) in [4.78, 5) is 24.5. The molecule has 0 aliphatic carbocycles.